The molecule has 1 heterocycles. The van der Waals surface area contributed by atoms with Gasteiger partial charge in [0.1, 0.15) is 0 Å². The molecule has 0 N–H and O–H groups in total. The van der Waals surface area contributed by atoms with Gasteiger partial charge in [-0.2, -0.15) is 5.10 Å². The number of hydrogen-bond acceptors (Lipinski definition) is 3. The Balaban J connectivity index is 1.66. The van der Waals surface area contributed by atoms with Crippen LogP contribution in [0.1, 0.15) is 33.1 Å². The van der Waals surface area contributed by atoms with Crippen LogP contribution in [0.2, 0.25) is 0 Å². The summed E-state index contributed by atoms with van der Waals surface area (Å²) in [6.07, 6.45) is 24.3. The molecule has 132 valence electrons. The standard InChI is InChI=1S/C23H24N2O/c1-16(14-17(2)26)25-23(19-10-5-6-11-19)21-13-7-12-20(22(21)24-25)15-18-8-3-4-9-18/h3-6,8-11,14-15,21,23H,7,12-13H2,1-2H3/b16-14+,20-15+. The van der Waals surface area contributed by atoms with Gasteiger partial charge in [0, 0.05) is 29.5 Å². The molecule has 0 aromatic rings. The smallest absolute Gasteiger partial charge is 0.154 e. The number of ketones is 1. The second-order valence-corrected chi connectivity index (χ2v) is 7.28. The van der Waals surface area contributed by atoms with Gasteiger partial charge in [0.25, 0.3) is 0 Å². The third kappa shape index (κ3) is 3.54. The quantitative estimate of drug-likeness (QED) is 0.721. The van der Waals surface area contributed by atoms with Crippen LogP contribution < -0.4 is 0 Å². The first kappa shape index (κ1) is 18.0. The highest BCUT2D eigenvalue weighted by molar-refractivity contribution is 6.04. The normalized spacial score (nSPS) is 32.4. The average Bonchev–Trinajstić information content (AvgIpc) is 3.34. The highest BCUT2D eigenvalue weighted by Gasteiger charge is 2.46. The summed E-state index contributed by atoms with van der Waals surface area (Å²) < 4.78 is 0. The summed E-state index contributed by atoms with van der Waals surface area (Å²) in [5, 5.41) is 7.09. The zero-order valence-electron chi connectivity index (χ0n) is 15.4. The van der Waals surface area contributed by atoms with Gasteiger partial charge in [0.2, 0.25) is 0 Å². The lowest BCUT2D eigenvalue weighted by Crippen LogP contribution is -2.39. The number of carbonyl (C=O) groups is 1. The van der Waals surface area contributed by atoms with Gasteiger partial charge in [-0.25, -0.2) is 0 Å². The highest BCUT2D eigenvalue weighted by atomic mass is 16.1. The molecule has 10 radical (unpaired) electrons. The second-order valence-electron chi connectivity index (χ2n) is 7.28. The Kier molecular flexibility index (Phi) is 5.33. The van der Waals surface area contributed by atoms with Gasteiger partial charge in [0.15, 0.2) is 5.78 Å². The summed E-state index contributed by atoms with van der Waals surface area (Å²) in [4.78, 5) is 11.6. The summed E-state index contributed by atoms with van der Waals surface area (Å²) in [5.41, 5.74) is 3.44. The van der Waals surface area contributed by atoms with Crippen LogP contribution >= 0.6 is 0 Å². The first-order valence-corrected chi connectivity index (χ1v) is 9.34. The minimum atomic E-state index is 0.0615. The Morgan fingerprint density at radius 1 is 1.12 bits per heavy atom. The Bertz CT molecular complexity index is 633. The molecule has 3 aliphatic carbocycles. The molecule has 4 aliphatic rings. The average molecular weight is 344 g/mol. The van der Waals surface area contributed by atoms with E-state index in [-0.39, 0.29) is 11.8 Å². The van der Waals surface area contributed by atoms with Gasteiger partial charge in [-0.15, -0.1) is 0 Å². The van der Waals surface area contributed by atoms with E-state index < -0.39 is 0 Å². The number of hydrazone groups is 1. The zero-order chi connectivity index (χ0) is 18.1. The van der Waals surface area contributed by atoms with E-state index in [9.17, 15) is 4.79 Å². The molecule has 0 aromatic heterocycles. The Hall–Kier alpha value is -1.38. The zero-order valence-corrected chi connectivity index (χ0v) is 15.4. The van der Waals surface area contributed by atoms with Crippen LogP contribution in [0, 0.1) is 69.1 Å². The topological polar surface area (TPSA) is 32.7 Å². The number of fused-ring (bicyclic) bond motifs is 1. The molecule has 0 spiro atoms. The van der Waals surface area contributed by atoms with Crippen LogP contribution in [0.5, 0.6) is 0 Å². The van der Waals surface area contributed by atoms with Crippen LogP contribution in [0.4, 0.5) is 0 Å². The predicted octanol–water partition coefficient (Wildman–Crippen LogP) is 4.06. The molecule has 3 fully saturated rings. The molecular formula is C23H24N2O. The van der Waals surface area contributed by atoms with Crippen molar-refractivity contribution < 1.29 is 4.79 Å². The molecule has 4 rings (SSSR count). The molecule has 0 saturated heterocycles. The first-order chi connectivity index (χ1) is 12.6. The van der Waals surface area contributed by atoms with Crippen molar-refractivity contribution in [2.24, 2.45) is 11.0 Å². The van der Waals surface area contributed by atoms with Crippen molar-refractivity contribution in [3.8, 4) is 0 Å². The van der Waals surface area contributed by atoms with Crippen LogP contribution in [0.25, 0.3) is 0 Å². The third-order valence-electron chi connectivity index (χ3n) is 5.33. The van der Waals surface area contributed by atoms with Crippen molar-refractivity contribution >= 4 is 11.5 Å². The molecule has 2 atom stereocenters. The van der Waals surface area contributed by atoms with Crippen molar-refractivity contribution in [3.05, 3.63) is 86.6 Å². The van der Waals surface area contributed by atoms with Gasteiger partial charge in [-0.05, 0) is 90.0 Å². The monoisotopic (exact) mass is 344 g/mol. The maximum Gasteiger partial charge on any atom is 0.154 e. The molecule has 3 saturated carbocycles. The lowest BCUT2D eigenvalue weighted by atomic mass is 9.75. The maximum atomic E-state index is 11.6. The van der Waals surface area contributed by atoms with Crippen LogP contribution in [0.3, 0.4) is 0 Å². The minimum Gasteiger partial charge on any atom is -0.295 e. The molecule has 3 nitrogen and oxygen atoms in total. The highest BCUT2D eigenvalue weighted by Crippen LogP contribution is 2.45. The summed E-state index contributed by atoms with van der Waals surface area (Å²) in [6.45, 7) is 3.58. The van der Waals surface area contributed by atoms with Gasteiger partial charge in [-0.1, -0.05) is 6.08 Å². The van der Waals surface area contributed by atoms with Gasteiger partial charge >= 0.3 is 0 Å². The van der Waals surface area contributed by atoms with Gasteiger partial charge < -0.3 is 0 Å². The van der Waals surface area contributed by atoms with E-state index in [4.69, 9.17) is 5.10 Å². The molecule has 0 bridgehead atoms. The largest absolute Gasteiger partial charge is 0.295 e. The lowest BCUT2D eigenvalue weighted by Gasteiger charge is -2.34. The fourth-order valence-corrected chi connectivity index (χ4v) is 4.26. The Morgan fingerprint density at radius 3 is 2.50 bits per heavy atom. The summed E-state index contributed by atoms with van der Waals surface area (Å²) >= 11 is 0. The minimum absolute atomic E-state index is 0.0615. The molecule has 3 heteroatoms. The number of allylic oxidation sites excluding steroid dienone is 4. The number of nitrogens with zero attached hydrogens (tertiary/aromatic N) is 2. The van der Waals surface area contributed by atoms with Crippen molar-refractivity contribution in [2.45, 2.75) is 39.2 Å². The van der Waals surface area contributed by atoms with E-state index in [0.717, 1.165) is 18.5 Å². The third-order valence-corrected chi connectivity index (χ3v) is 5.33. The fraction of sp³-hybridized carbons (Fsp3) is 0.304. The van der Waals surface area contributed by atoms with Crippen LogP contribution in [0.15, 0.2) is 28.5 Å². The summed E-state index contributed by atoms with van der Waals surface area (Å²) in [5.74, 6) is 2.95. The van der Waals surface area contributed by atoms with Crippen LogP contribution in [-0.2, 0) is 4.79 Å². The van der Waals surface area contributed by atoms with E-state index in [1.165, 1.54) is 29.5 Å². The van der Waals surface area contributed by atoms with Crippen molar-refractivity contribution in [3.63, 3.8) is 0 Å². The van der Waals surface area contributed by atoms with Crippen molar-refractivity contribution in [2.75, 3.05) is 0 Å². The summed E-state index contributed by atoms with van der Waals surface area (Å²) in [7, 11) is 0. The number of hydrogen-bond donors (Lipinski definition) is 0. The van der Waals surface area contributed by atoms with Gasteiger partial charge in [-0.3, -0.25) is 9.80 Å². The number of carbonyl (C=O) groups excluding carboxylic acids is 1. The second kappa shape index (κ2) is 7.70. The van der Waals surface area contributed by atoms with E-state index in [0.29, 0.717) is 5.92 Å². The van der Waals surface area contributed by atoms with Crippen LogP contribution in [-0.4, -0.2) is 22.5 Å². The molecule has 0 amide bonds. The molecule has 0 aromatic carbocycles. The maximum absolute atomic E-state index is 11.6. The van der Waals surface area contributed by atoms with E-state index in [1.54, 1.807) is 13.0 Å². The van der Waals surface area contributed by atoms with E-state index >= 15 is 0 Å². The summed E-state index contributed by atoms with van der Waals surface area (Å²) in [6, 6.07) is 0.180. The van der Waals surface area contributed by atoms with E-state index in [2.05, 4.69) is 62.5 Å². The SMILES string of the molecule is CC(=O)/C=C(\C)N1N=C2/C(=C/[C]3[CH][CH][CH][CH]3)CCCC2C1[C]1[CH][CH][CH][CH]1. The van der Waals surface area contributed by atoms with Crippen molar-refractivity contribution in [1.29, 1.82) is 0 Å². The van der Waals surface area contributed by atoms with Crippen molar-refractivity contribution in [1.82, 2.24) is 5.01 Å². The predicted molar refractivity (Wildman–Crippen MR) is 104 cm³/mol. The molecular weight excluding hydrogens is 320 g/mol. The molecule has 26 heavy (non-hydrogen) atoms. The molecule has 2 unspecified atom stereocenters. The van der Waals surface area contributed by atoms with E-state index in [1.807, 2.05) is 6.92 Å². The molecule has 1 aliphatic heterocycles. The number of rotatable bonds is 4. The lowest BCUT2D eigenvalue weighted by molar-refractivity contribution is -0.112. The fourth-order valence-electron chi connectivity index (χ4n) is 4.26. The Labute approximate surface area is 158 Å². The van der Waals surface area contributed by atoms with Gasteiger partial charge in [0.05, 0.1) is 11.8 Å². The Morgan fingerprint density at radius 2 is 1.81 bits per heavy atom. The first-order valence-electron chi connectivity index (χ1n) is 9.34.